The summed E-state index contributed by atoms with van der Waals surface area (Å²) in [5, 5.41) is 5.03. The van der Waals surface area contributed by atoms with Gasteiger partial charge in [0.25, 0.3) is 5.91 Å². The fraction of sp³-hybridized carbons (Fsp3) is 0.179. The molecule has 0 unspecified atom stereocenters. The third kappa shape index (κ3) is 5.08. The van der Waals surface area contributed by atoms with Crippen LogP contribution in [0.2, 0.25) is 0 Å². The third-order valence-electron chi connectivity index (χ3n) is 6.35. The Bertz CT molecular complexity index is 1790. The van der Waals surface area contributed by atoms with Crippen LogP contribution in [0.1, 0.15) is 38.4 Å². The Morgan fingerprint density at radius 3 is 2.65 bits per heavy atom. The molecule has 2 aromatic carbocycles. The SMILES string of the molecule is Cc1cc2cc(Cc3cc(C(=O)NCc4cc5c(C)c[nH]c5cc4F)ccn3)cc(S(C)(=O)=O)c2cn1. The van der Waals surface area contributed by atoms with Gasteiger partial charge < -0.3 is 10.3 Å². The van der Waals surface area contributed by atoms with Crippen LogP contribution in [0.15, 0.2) is 66.0 Å². The van der Waals surface area contributed by atoms with Crippen molar-refractivity contribution in [2.45, 2.75) is 31.7 Å². The Balaban J connectivity index is 1.38. The van der Waals surface area contributed by atoms with Gasteiger partial charge in [0.1, 0.15) is 5.82 Å². The fourth-order valence-corrected chi connectivity index (χ4v) is 5.40. The molecule has 37 heavy (non-hydrogen) atoms. The minimum absolute atomic E-state index is 0.0403. The van der Waals surface area contributed by atoms with Crippen LogP contribution in [-0.4, -0.2) is 35.5 Å². The normalized spacial score (nSPS) is 11.8. The van der Waals surface area contributed by atoms with E-state index in [4.69, 9.17) is 0 Å². The number of aryl methyl sites for hydroxylation is 2. The average molecular weight is 517 g/mol. The number of amides is 1. The van der Waals surface area contributed by atoms with Gasteiger partial charge in [0.05, 0.1) is 4.90 Å². The molecule has 1 amide bonds. The maximum Gasteiger partial charge on any atom is 0.251 e. The summed E-state index contributed by atoms with van der Waals surface area (Å²) in [5.74, 6) is -0.750. The highest BCUT2D eigenvalue weighted by atomic mass is 32.2. The molecule has 0 spiro atoms. The van der Waals surface area contributed by atoms with E-state index in [2.05, 4.69) is 20.3 Å². The second-order valence-corrected chi connectivity index (χ2v) is 11.3. The standard InChI is InChI=1S/C28H25FN4O3S/c1-16-13-32-26-12-25(29)21(11-23(16)26)14-33-28(34)19-4-5-30-22(10-19)8-18-7-20-6-17(2)31-15-24(20)27(9-18)37(3,35)36/h4-7,9-13,15,32H,8,14H2,1-3H3,(H,33,34). The van der Waals surface area contributed by atoms with Gasteiger partial charge in [0.2, 0.25) is 0 Å². The van der Waals surface area contributed by atoms with E-state index < -0.39 is 15.7 Å². The molecule has 0 aliphatic carbocycles. The van der Waals surface area contributed by atoms with Crippen LogP contribution in [0.25, 0.3) is 21.7 Å². The predicted molar refractivity (Wildman–Crippen MR) is 141 cm³/mol. The Morgan fingerprint density at radius 2 is 1.86 bits per heavy atom. The number of carbonyl (C=O) groups excluding carboxylic acids is 1. The van der Waals surface area contributed by atoms with E-state index >= 15 is 0 Å². The lowest BCUT2D eigenvalue weighted by atomic mass is 10.0. The molecule has 0 aliphatic heterocycles. The maximum atomic E-state index is 14.5. The zero-order chi connectivity index (χ0) is 26.3. The Hall–Kier alpha value is -4.11. The Kier molecular flexibility index (Phi) is 6.25. The van der Waals surface area contributed by atoms with Gasteiger partial charge in [-0.1, -0.05) is 6.07 Å². The van der Waals surface area contributed by atoms with Crippen LogP contribution in [0.3, 0.4) is 0 Å². The number of H-pyrrole nitrogens is 1. The van der Waals surface area contributed by atoms with Gasteiger partial charge in [-0.2, -0.15) is 0 Å². The summed E-state index contributed by atoms with van der Waals surface area (Å²) < 4.78 is 39.4. The van der Waals surface area contributed by atoms with Crippen molar-refractivity contribution >= 4 is 37.4 Å². The monoisotopic (exact) mass is 516 g/mol. The first-order chi connectivity index (χ1) is 17.6. The molecular weight excluding hydrogens is 491 g/mol. The first kappa shape index (κ1) is 24.6. The first-order valence-electron chi connectivity index (χ1n) is 11.7. The number of halogens is 1. The van der Waals surface area contributed by atoms with Crippen molar-refractivity contribution in [3.63, 3.8) is 0 Å². The second-order valence-electron chi connectivity index (χ2n) is 9.27. The van der Waals surface area contributed by atoms with E-state index in [1.165, 1.54) is 18.5 Å². The van der Waals surface area contributed by atoms with Crippen molar-refractivity contribution in [2.24, 2.45) is 0 Å². The number of hydrogen-bond acceptors (Lipinski definition) is 5. The fourth-order valence-electron chi connectivity index (χ4n) is 4.47. The third-order valence-corrected chi connectivity index (χ3v) is 7.49. The maximum absolute atomic E-state index is 14.5. The van der Waals surface area contributed by atoms with Crippen molar-refractivity contribution in [3.8, 4) is 0 Å². The van der Waals surface area contributed by atoms with Gasteiger partial charge in [-0.15, -0.1) is 0 Å². The molecule has 0 aliphatic rings. The summed E-state index contributed by atoms with van der Waals surface area (Å²) in [6.07, 6.45) is 6.43. The van der Waals surface area contributed by atoms with Crippen molar-refractivity contribution in [2.75, 3.05) is 6.26 Å². The van der Waals surface area contributed by atoms with Crippen molar-refractivity contribution in [1.29, 1.82) is 0 Å². The number of aromatic nitrogens is 3. The number of nitrogens with one attached hydrogen (secondary N) is 2. The Labute approximate surface area is 213 Å². The molecule has 0 radical (unpaired) electrons. The van der Waals surface area contributed by atoms with Crippen molar-refractivity contribution in [3.05, 3.63) is 101 Å². The number of hydrogen-bond donors (Lipinski definition) is 2. The molecule has 0 bridgehead atoms. The van der Waals surface area contributed by atoms with E-state index in [9.17, 15) is 17.6 Å². The number of nitrogens with zero attached hydrogens (tertiary/aromatic N) is 2. The molecule has 7 nitrogen and oxygen atoms in total. The first-order valence-corrected chi connectivity index (χ1v) is 13.6. The van der Waals surface area contributed by atoms with Crippen LogP contribution in [0.5, 0.6) is 0 Å². The number of benzene rings is 2. The second kappa shape index (κ2) is 9.40. The zero-order valence-corrected chi connectivity index (χ0v) is 21.4. The van der Waals surface area contributed by atoms with E-state index in [0.717, 1.165) is 27.6 Å². The molecule has 0 atom stereocenters. The molecule has 5 rings (SSSR count). The van der Waals surface area contributed by atoms with E-state index in [-0.39, 0.29) is 17.3 Å². The summed E-state index contributed by atoms with van der Waals surface area (Å²) >= 11 is 0. The molecule has 3 aromatic heterocycles. The van der Waals surface area contributed by atoms with Gasteiger partial charge in [0, 0.05) is 76.6 Å². The molecule has 188 valence electrons. The molecular formula is C28H25FN4O3S. The van der Waals surface area contributed by atoms with Crippen LogP contribution in [0.4, 0.5) is 4.39 Å². The van der Waals surface area contributed by atoms with Gasteiger partial charge >= 0.3 is 0 Å². The van der Waals surface area contributed by atoms with Gasteiger partial charge in [-0.05, 0) is 66.8 Å². The average Bonchev–Trinajstić information content (AvgIpc) is 3.20. The molecule has 2 N–H and O–H groups in total. The number of aromatic amines is 1. The van der Waals surface area contributed by atoms with E-state index in [1.807, 2.05) is 32.2 Å². The number of fused-ring (bicyclic) bond motifs is 2. The molecule has 0 saturated carbocycles. The molecule has 0 saturated heterocycles. The lowest BCUT2D eigenvalue weighted by Gasteiger charge is -2.11. The van der Waals surface area contributed by atoms with Crippen molar-refractivity contribution < 1.29 is 17.6 Å². The molecule has 9 heteroatoms. The number of pyridine rings is 2. The zero-order valence-electron chi connectivity index (χ0n) is 20.6. The minimum atomic E-state index is -3.49. The summed E-state index contributed by atoms with van der Waals surface area (Å²) in [6.45, 7) is 3.82. The molecule has 0 fully saturated rings. The lowest BCUT2D eigenvalue weighted by molar-refractivity contribution is 0.0950. The van der Waals surface area contributed by atoms with E-state index in [1.54, 1.807) is 30.5 Å². The topological polar surface area (TPSA) is 105 Å². The molecule has 3 heterocycles. The minimum Gasteiger partial charge on any atom is -0.361 e. The van der Waals surface area contributed by atoms with Crippen LogP contribution >= 0.6 is 0 Å². The van der Waals surface area contributed by atoms with Gasteiger partial charge in [0.15, 0.2) is 9.84 Å². The van der Waals surface area contributed by atoms with E-state index in [0.29, 0.717) is 34.1 Å². The quantitative estimate of drug-likeness (QED) is 0.338. The van der Waals surface area contributed by atoms with Gasteiger partial charge in [-0.25, -0.2) is 12.8 Å². The Morgan fingerprint density at radius 1 is 1.05 bits per heavy atom. The predicted octanol–water partition coefficient (Wildman–Crippen LogP) is 4.79. The number of sulfone groups is 1. The molecule has 5 aromatic rings. The summed E-state index contributed by atoms with van der Waals surface area (Å²) in [4.78, 5) is 24.7. The van der Waals surface area contributed by atoms with Crippen LogP contribution in [-0.2, 0) is 22.8 Å². The highest BCUT2D eigenvalue weighted by Crippen LogP contribution is 2.27. The summed E-state index contributed by atoms with van der Waals surface area (Å²) in [7, 11) is -3.49. The largest absolute Gasteiger partial charge is 0.361 e. The smallest absolute Gasteiger partial charge is 0.251 e. The summed E-state index contributed by atoms with van der Waals surface area (Å²) in [6, 6.07) is 11.8. The highest BCUT2D eigenvalue weighted by molar-refractivity contribution is 7.91. The van der Waals surface area contributed by atoms with Crippen molar-refractivity contribution in [1.82, 2.24) is 20.3 Å². The lowest BCUT2D eigenvalue weighted by Crippen LogP contribution is -2.23. The number of rotatable bonds is 6. The highest BCUT2D eigenvalue weighted by Gasteiger charge is 2.16. The number of carbonyl (C=O) groups is 1. The summed E-state index contributed by atoms with van der Waals surface area (Å²) in [5.41, 5.74) is 4.63. The van der Waals surface area contributed by atoms with Crippen LogP contribution in [0, 0.1) is 19.7 Å². The van der Waals surface area contributed by atoms with Gasteiger partial charge in [-0.3, -0.25) is 14.8 Å². The van der Waals surface area contributed by atoms with Crippen LogP contribution < -0.4 is 5.32 Å².